The van der Waals surface area contributed by atoms with Gasteiger partial charge in [0.05, 0.1) is 66.1 Å². The molecule has 2 amide bonds. The average molecular weight is 1970 g/mol. The first-order chi connectivity index (χ1) is 63.8. The molecule has 44 aliphatic rings. The number of amides is 2. The molecule has 0 aromatic heterocycles. The number of aliphatic hydroxyl groups excluding tert-OH is 34. The third kappa shape index (κ3) is 21.3. The van der Waals surface area contributed by atoms with Crippen molar-refractivity contribution in [3.05, 3.63) is 0 Å². The van der Waals surface area contributed by atoms with Gasteiger partial charge in [-0.1, -0.05) is 0 Å². The average Bonchev–Trinajstić information content (AvgIpc) is 0.768. The van der Waals surface area contributed by atoms with E-state index in [1.54, 1.807) is 0 Å². The maximum absolute atomic E-state index is 14.6. The summed E-state index contributed by atoms with van der Waals surface area (Å²) >= 11 is 0. The second kappa shape index (κ2) is 45.5. The van der Waals surface area contributed by atoms with Gasteiger partial charge in [-0.25, -0.2) is 4.79 Å². The minimum Gasteiger partial charge on any atom is -0.394 e. The number of hydrogen-bond acceptors (Lipinski definition) is 59. The molecule has 61 nitrogen and oxygen atoms in total. The minimum absolute atomic E-state index is 1.09. The van der Waals surface area contributed by atoms with Crippen LogP contribution in [0.2, 0.25) is 0 Å². The van der Waals surface area contributed by atoms with Crippen LogP contribution in [0.5, 0.6) is 0 Å². The summed E-state index contributed by atoms with van der Waals surface area (Å²) in [7, 11) is 0. The van der Waals surface area contributed by atoms with E-state index in [-0.39, 0.29) is 0 Å². The Bertz CT molecular complexity index is 3390. The number of rotatable bonds is 14. The standard InChI is InChI=1S/C73H120N2O59/c76-3-15-51-29(90)41(102)65(115-15)129-55-19(7-80)119-69(45(106)33(55)94)133-59-23(11-84)121-71(47(108)35(59)96)131-57-21(9-82)117-67(43(104)31(57)92)127-53-17(5-78)113-63(39(100)27(53)88)123-49-13(111-61(125-51)37(98)25(49)86)1-74-73(110)75-2-14-50-26(87)38(99)62(112-14)126-52-16(4-77)116-66(42(103)30(52)91)130-56-20(8-81)120-70(46(107)34(56)95)134-60-24(12-85)122-72(48(109)36(60)97)132-58-22(10-83)118-68(44(105)32(58)93)128-54-18(6-79)114-64(124-50)40(101)28(54)89/h13-72,76-109H,1-12H2,(H2,74,75,110)/t13-,14-,15-,16-,17-,18-,19-,20-,21-,22-,23-,24-,25-,26-,27-,28-,29-,30-,31-,32-,33-,34-,35-,36-,37-,38-,39-,40-,41-,42-,43-,44-,45-,46-,47-,48-,49-,50-,51-,52-,53-,54-,55-,56-,57-,58-,59-,60-,61-,62-,63-,64-,65-,66-,67-,68-,69-,70-,71-,72-/m1/s1. The largest absolute Gasteiger partial charge is 0.394 e. The molecule has 0 spiro atoms. The number of ether oxygens (including phenoxy) is 24. The summed E-state index contributed by atoms with van der Waals surface area (Å²) < 4.78 is 140. The molecule has 36 N–H and O–H groups in total. The molecule has 60 atom stereocenters. The molecule has 0 aromatic rings. The molecule has 44 fully saturated rings. The molecule has 776 valence electrons. The van der Waals surface area contributed by atoms with Gasteiger partial charge in [-0.05, 0) is 0 Å². The van der Waals surface area contributed by atoms with Crippen LogP contribution in [0.4, 0.5) is 4.79 Å². The van der Waals surface area contributed by atoms with E-state index in [1.807, 2.05) is 0 Å². The van der Waals surface area contributed by atoms with Crippen molar-refractivity contribution in [3.63, 3.8) is 0 Å². The van der Waals surface area contributed by atoms with Gasteiger partial charge in [0.1, 0.15) is 293 Å². The molecule has 0 radical (unpaired) electrons. The second-order valence-corrected chi connectivity index (χ2v) is 34.4. The van der Waals surface area contributed by atoms with Crippen LogP contribution in [0.3, 0.4) is 0 Å². The number of carbonyl (C=O) groups is 1. The Labute approximate surface area is 754 Å². The fraction of sp³-hybridized carbons (Fsp3) is 0.986. The Morgan fingerprint density at radius 2 is 0.231 bits per heavy atom. The Kier molecular flexibility index (Phi) is 36.2. The van der Waals surface area contributed by atoms with Crippen molar-refractivity contribution in [2.75, 3.05) is 79.2 Å². The lowest BCUT2D eigenvalue weighted by Crippen LogP contribution is -2.69. The molecule has 44 rings (SSSR count). The van der Waals surface area contributed by atoms with Crippen LogP contribution >= 0.6 is 0 Å². The smallest absolute Gasteiger partial charge is 0.314 e. The van der Waals surface area contributed by atoms with Crippen molar-refractivity contribution in [2.24, 2.45) is 0 Å². The van der Waals surface area contributed by atoms with E-state index in [2.05, 4.69) is 10.6 Å². The first-order valence-electron chi connectivity index (χ1n) is 43.0. The third-order valence-corrected chi connectivity index (χ3v) is 25.9. The summed E-state index contributed by atoms with van der Waals surface area (Å²) in [4.78, 5) is 14.6. The zero-order chi connectivity index (χ0) is 97.1. The molecule has 44 heterocycles. The highest BCUT2D eigenvalue weighted by atomic mass is 16.8. The first-order valence-corrected chi connectivity index (χ1v) is 43.0. The normalized spacial score (nSPS) is 54.8. The lowest BCUT2D eigenvalue weighted by molar-refractivity contribution is -0.403. The van der Waals surface area contributed by atoms with Gasteiger partial charge in [-0.3, -0.25) is 0 Å². The van der Waals surface area contributed by atoms with E-state index in [4.69, 9.17) is 114 Å². The van der Waals surface area contributed by atoms with Crippen LogP contribution in [-0.2, 0) is 114 Å². The number of nitrogens with one attached hydrogen (secondary N) is 2. The molecule has 44 aliphatic heterocycles. The molecule has 44 saturated heterocycles. The maximum atomic E-state index is 14.6. The Morgan fingerprint density at radius 1 is 0.142 bits per heavy atom. The maximum Gasteiger partial charge on any atom is 0.314 e. The summed E-state index contributed by atoms with van der Waals surface area (Å²) in [6.45, 7) is -13.9. The highest BCUT2D eigenvalue weighted by Crippen LogP contribution is 2.43. The summed E-state index contributed by atoms with van der Waals surface area (Å²) in [6, 6.07) is -1.43. The van der Waals surface area contributed by atoms with Crippen LogP contribution in [0, 0.1) is 0 Å². The molecule has 0 aromatic carbocycles. The zero-order valence-electron chi connectivity index (χ0n) is 70.0. The van der Waals surface area contributed by atoms with Gasteiger partial charge in [-0.15, -0.1) is 0 Å². The van der Waals surface area contributed by atoms with Gasteiger partial charge in [0.2, 0.25) is 0 Å². The zero-order valence-corrected chi connectivity index (χ0v) is 70.0. The lowest BCUT2D eigenvalue weighted by Gasteiger charge is -2.51. The monoisotopic (exact) mass is 1970 g/mol. The molecule has 0 unspecified atom stereocenters. The van der Waals surface area contributed by atoms with Crippen LogP contribution in [0.1, 0.15) is 0 Å². The SMILES string of the molecule is O=C(NC[C@H]1O[C@@H]2O[C@H]3[C@H](O)[C@@H](O)[C@@H](O[C@H]4[C@H](O)[C@@H](O)[C@@H](O[C@H]5[C@H](O)[C@@H](O)[C@@H](O[C@H]6[C@H](O)[C@@H](O)[C@@H](O[C@H]7[C@H](O)[C@@H](O)[C@@H](O[C@H]1[C@H](O)[C@H]2O)O[C@@H]7CO)O[C@@H]6CO)O[C@@H]5CO)O[C@@H]4CO)O[C@@H]3CO)NC[C@H]1O[C@@H]2O[C@H]3[C@H](O)[C@@H](O)[C@@H](O[C@H]4[C@H](O)[C@@H](O)[C@@H](O[C@H]5[C@H](O)[C@@H](O)[C@@H](O[C@H]6[C@H](O)[C@@H](O)[C@@H](O[C@H]7[C@H](O)[C@@H](O)[C@@H](O[C@H]1[C@H](O)[C@H]2O)O[C@@H]7CO)O[C@@H]6CO)O[C@@H]5CO)O[C@@H]4CO)O[C@@H]3CO. The molecular formula is C73H120N2O59. The Morgan fingerprint density at radius 3 is 0.328 bits per heavy atom. The van der Waals surface area contributed by atoms with Crippen molar-refractivity contribution < 1.29 is 292 Å². The van der Waals surface area contributed by atoms with Gasteiger partial charge in [0.25, 0.3) is 0 Å². The summed E-state index contributed by atoms with van der Waals surface area (Å²) in [5.41, 5.74) is 0. The fourth-order valence-corrected chi connectivity index (χ4v) is 18.3. The molecular weight excluding hydrogens is 1850 g/mol. The summed E-state index contributed by atoms with van der Waals surface area (Å²) in [5.74, 6) is 0. The molecule has 0 saturated carbocycles. The van der Waals surface area contributed by atoms with Crippen molar-refractivity contribution in [3.8, 4) is 0 Å². The molecule has 24 bridgehead atoms. The number of carbonyl (C=O) groups excluding carboxylic acids is 1. The summed E-state index contributed by atoms with van der Waals surface area (Å²) in [6.07, 6.45) is -132. The predicted octanol–water partition coefficient (Wildman–Crippen LogP) is -25.8. The number of urea groups is 1. The molecule has 61 heteroatoms. The van der Waals surface area contributed by atoms with Gasteiger partial charge in [-0.2, -0.15) is 0 Å². The van der Waals surface area contributed by atoms with Crippen molar-refractivity contribution in [1.29, 1.82) is 0 Å². The highest BCUT2D eigenvalue weighted by Gasteiger charge is 2.64. The number of hydrogen-bond donors (Lipinski definition) is 36. The van der Waals surface area contributed by atoms with Crippen LogP contribution in [-0.4, -0.2) is 627 Å². The van der Waals surface area contributed by atoms with E-state index >= 15 is 0 Å². The molecule has 134 heavy (non-hydrogen) atoms. The highest BCUT2D eigenvalue weighted by molar-refractivity contribution is 5.73. The van der Waals surface area contributed by atoms with Gasteiger partial charge >= 0.3 is 6.03 Å². The topological polar surface area (TPSA) is 950 Å². The Hall–Kier alpha value is -3.05. The van der Waals surface area contributed by atoms with Crippen molar-refractivity contribution in [1.82, 2.24) is 10.6 Å². The van der Waals surface area contributed by atoms with E-state index < -0.39 is 454 Å². The third-order valence-electron chi connectivity index (χ3n) is 25.9. The molecule has 0 aliphatic carbocycles. The van der Waals surface area contributed by atoms with Crippen molar-refractivity contribution in [2.45, 2.75) is 368 Å². The van der Waals surface area contributed by atoms with E-state index in [0.29, 0.717) is 0 Å². The van der Waals surface area contributed by atoms with Crippen molar-refractivity contribution >= 4 is 6.03 Å². The van der Waals surface area contributed by atoms with Crippen LogP contribution in [0.15, 0.2) is 0 Å². The van der Waals surface area contributed by atoms with E-state index in [0.717, 1.165) is 0 Å². The van der Waals surface area contributed by atoms with Crippen LogP contribution < -0.4 is 10.6 Å². The van der Waals surface area contributed by atoms with Gasteiger partial charge in [0.15, 0.2) is 75.5 Å². The van der Waals surface area contributed by atoms with Crippen LogP contribution in [0.25, 0.3) is 0 Å². The lowest BCUT2D eigenvalue weighted by atomic mass is 9.94. The van der Waals surface area contributed by atoms with Gasteiger partial charge < -0.3 is 298 Å². The minimum atomic E-state index is -2.51. The quantitative estimate of drug-likeness (QED) is 0.0768. The van der Waals surface area contributed by atoms with Gasteiger partial charge in [0, 0.05) is 13.1 Å². The Balaban J connectivity index is 0.741. The predicted molar refractivity (Wildman–Crippen MR) is 399 cm³/mol. The van der Waals surface area contributed by atoms with E-state index in [9.17, 15) is 178 Å². The number of aliphatic hydroxyl groups is 34. The fourth-order valence-electron chi connectivity index (χ4n) is 18.3. The van der Waals surface area contributed by atoms with E-state index in [1.165, 1.54) is 0 Å². The first kappa shape index (κ1) is 107. The second-order valence-electron chi connectivity index (χ2n) is 34.4. The summed E-state index contributed by atoms with van der Waals surface area (Å²) in [5, 5.41) is 392.